The van der Waals surface area contributed by atoms with Crippen LogP contribution in [0.5, 0.6) is 0 Å². The van der Waals surface area contributed by atoms with Crippen molar-refractivity contribution >= 4 is 11.7 Å². The number of nitrogens with zero attached hydrogens (tertiary/aromatic N) is 4. The van der Waals surface area contributed by atoms with E-state index in [-0.39, 0.29) is 5.69 Å². The van der Waals surface area contributed by atoms with Gasteiger partial charge >= 0.3 is 5.97 Å². The number of aromatic nitrogens is 4. The van der Waals surface area contributed by atoms with Crippen molar-refractivity contribution in [1.29, 1.82) is 0 Å². The molecule has 2 N–H and O–H groups in total. The average molecular weight is 275 g/mol. The van der Waals surface area contributed by atoms with E-state index in [2.05, 4.69) is 19.8 Å². The molecule has 0 fully saturated rings. The predicted octanol–water partition coefficient (Wildman–Crippen LogP) is 1.16. The Hall–Kier alpha value is -2.44. The first-order chi connectivity index (χ1) is 9.62. The fraction of sp³-hybridized carbons (Fsp3) is 0.385. The van der Waals surface area contributed by atoms with Crippen LogP contribution >= 0.6 is 0 Å². The van der Waals surface area contributed by atoms with Gasteiger partial charge in [0.05, 0.1) is 36.6 Å². The second-order valence-electron chi connectivity index (χ2n) is 4.18. The molecule has 0 unspecified atom stereocenters. The van der Waals surface area contributed by atoms with Crippen LogP contribution in [0, 0.1) is 0 Å². The molecule has 0 radical (unpaired) electrons. The van der Waals surface area contributed by atoms with Crippen molar-refractivity contribution in [3.8, 4) is 5.82 Å². The van der Waals surface area contributed by atoms with E-state index in [1.54, 1.807) is 4.68 Å². The van der Waals surface area contributed by atoms with Gasteiger partial charge in [0.1, 0.15) is 0 Å². The van der Waals surface area contributed by atoms with Gasteiger partial charge in [-0.2, -0.15) is 5.10 Å². The highest BCUT2D eigenvalue weighted by Crippen LogP contribution is 2.21. The Morgan fingerprint density at radius 3 is 2.70 bits per heavy atom. The van der Waals surface area contributed by atoms with Crippen LogP contribution in [0.4, 0.5) is 5.69 Å². The van der Waals surface area contributed by atoms with Crippen molar-refractivity contribution in [1.82, 2.24) is 19.7 Å². The molecule has 0 aliphatic carbocycles. The molecule has 106 valence electrons. The van der Waals surface area contributed by atoms with Crippen LogP contribution in [-0.4, -0.2) is 32.8 Å². The van der Waals surface area contributed by atoms with Crippen LogP contribution in [0.25, 0.3) is 5.82 Å². The molecule has 7 nitrogen and oxygen atoms in total. The zero-order chi connectivity index (χ0) is 14.7. The van der Waals surface area contributed by atoms with E-state index in [1.807, 2.05) is 13.8 Å². The summed E-state index contributed by atoms with van der Waals surface area (Å²) in [4.78, 5) is 19.7. The Balaban J connectivity index is 2.54. The van der Waals surface area contributed by atoms with Crippen molar-refractivity contribution < 1.29 is 9.53 Å². The maximum absolute atomic E-state index is 11.5. The number of rotatable bonds is 4. The molecular formula is C13H17N5O2. The monoisotopic (exact) mass is 275 g/mol. The normalized spacial score (nSPS) is 10.6. The van der Waals surface area contributed by atoms with Gasteiger partial charge in [-0.3, -0.25) is 4.98 Å². The Bertz CT molecular complexity index is 636. The highest BCUT2D eigenvalue weighted by atomic mass is 16.5. The van der Waals surface area contributed by atoms with Gasteiger partial charge in [0.2, 0.25) is 0 Å². The number of aryl methyl sites for hydroxylation is 1. The molecule has 0 saturated carbocycles. The summed E-state index contributed by atoms with van der Waals surface area (Å²) in [6.45, 7) is 3.97. The fourth-order valence-corrected chi connectivity index (χ4v) is 1.97. The SMILES string of the molecule is CCc1nn(-c2cncc(C(=O)OC)n2)c(CC)c1N. The number of carbonyl (C=O) groups is 1. The number of hydrogen-bond acceptors (Lipinski definition) is 6. The van der Waals surface area contributed by atoms with Crippen molar-refractivity contribution in [2.24, 2.45) is 0 Å². The number of anilines is 1. The Morgan fingerprint density at radius 2 is 2.10 bits per heavy atom. The van der Waals surface area contributed by atoms with E-state index < -0.39 is 5.97 Å². The molecule has 0 spiro atoms. The van der Waals surface area contributed by atoms with Crippen molar-refractivity contribution in [2.75, 3.05) is 12.8 Å². The number of ether oxygens (including phenoxy) is 1. The number of hydrogen-bond donors (Lipinski definition) is 1. The van der Waals surface area contributed by atoms with Crippen molar-refractivity contribution in [3.05, 3.63) is 29.5 Å². The number of nitrogens with two attached hydrogens (primary N) is 1. The van der Waals surface area contributed by atoms with E-state index in [9.17, 15) is 4.79 Å². The Morgan fingerprint density at radius 1 is 1.35 bits per heavy atom. The summed E-state index contributed by atoms with van der Waals surface area (Å²) in [7, 11) is 1.30. The molecule has 20 heavy (non-hydrogen) atoms. The van der Waals surface area contributed by atoms with Crippen LogP contribution in [0.3, 0.4) is 0 Å². The lowest BCUT2D eigenvalue weighted by Gasteiger charge is -2.06. The first-order valence-corrected chi connectivity index (χ1v) is 6.39. The highest BCUT2D eigenvalue weighted by molar-refractivity contribution is 5.86. The van der Waals surface area contributed by atoms with Gasteiger partial charge in [0, 0.05) is 0 Å². The van der Waals surface area contributed by atoms with Crippen LogP contribution in [0.2, 0.25) is 0 Å². The number of esters is 1. The molecule has 0 aliphatic rings. The Labute approximate surface area is 116 Å². The summed E-state index contributed by atoms with van der Waals surface area (Å²) in [5.41, 5.74) is 8.54. The molecule has 0 amide bonds. The van der Waals surface area contributed by atoms with E-state index in [4.69, 9.17) is 5.73 Å². The van der Waals surface area contributed by atoms with Crippen molar-refractivity contribution in [2.45, 2.75) is 26.7 Å². The van der Waals surface area contributed by atoms with Crippen molar-refractivity contribution in [3.63, 3.8) is 0 Å². The van der Waals surface area contributed by atoms with E-state index >= 15 is 0 Å². The molecule has 7 heteroatoms. The number of nitrogen functional groups attached to an aromatic ring is 1. The summed E-state index contributed by atoms with van der Waals surface area (Å²) in [6, 6.07) is 0. The van der Waals surface area contributed by atoms with Gasteiger partial charge in [-0.05, 0) is 12.8 Å². The molecule has 0 atom stereocenters. The molecule has 0 aliphatic heterocycles. The highest BCUT2D eigenvalue weighted by Gasteiger charge is 2.16. The minimum atomic E-state index is -0.534. The summed E-state index contributed by atoms with van der Waals surface area (Å²) in [5, 5.41) is 4.43. The molecule has 0 aromatic carbocycles. The third kappa shape index (κ3) is 2.34. The van der Waals surface area contributed by atoms with Crippen LogP contribution in [0.1, 0.15) is 35.7 Å². The van der Waals surface area contributed by atoms with Crippen LogP contribution in [-0.2, 0) is 17.6 Å². The minimum Gasteiger partial charge on any atom is -0.464 e. The molecule has 0 bridgehead atoms. The predicted molar refractivity (Wildman–Crippen MR) is 73.7 cm³/mol. The second kappa shape index (κ2) is 5.68. The second-order valence-corrected chi connectivity index (χ2v) is 4.18. The maximum atomic E-state index is 11.5. The van der Waals surface area contributed by atoms with Crippen LogP contribution < -0.4 is 5.73 Å². The first-order valence-electron chi connectivity index (χ1n) is 6.39. The quantitative estimate of drug-likeness (QED) is 0.841. The molecule has 2 aromatic heterocycles. The Kier molecular flexibility index (Phi) is 3.97. The van der Waals surface area contributed by atoms with Gasteiger partial charge in [-0.1, -0.05) is 13.8 Å². The molecule has 0 saturated heterocycles. The van der Waals surface area contributed by atoms with Gasteiger partial charge in [0.15, 0.2) is 11.5 Å². The van der Waals surface area contributed by atoms with Gasteiger partial charge in [-0.25, -0.2) is 14.5 Å². The first kappa shape index (κ1) is 14.0. The number of carbonyl (C=O) groups excluding carboxylic acids is 1. The average Bonchev–Trinajstić information content (AvgIpc) is 2.82. The lowest BCUT2D eigenvalue weighted by Crippen LogP contribution is -2.11. The van der Waals surface area contributed by atoms with Gasteiger partial charge < -0.3 is 10.5 Å². The maximum Gasteiger partial charge on any atom is 0.358 e. The van der Waals surface area contributed by atoms with Crippen LogP contribution in [0.15, 0.2) is 12.4 Å². The van der Waals surface area contributed by atoms with Gasteiger partial charge in [0.25, 0.3) is 0 Å². The zero-order valence-electron chi connectivity index (χ0n) is 11.8. The largest absolute Gasteiger partial charge is 0.464 e. The minimum absolute atomic E-state index is 0.138. The standard InChI is InChI=1S/C13H17N5O2/c1-4-8-12(14)10(5-2)18(17-8)11-7-15-6-9(16-11)13(19)20-3/h6-7H,4-5,14H2,1-3H3. The van der Waals surface area contributed by atoms with E-state index in [0.717, 1.165) is 17.8 Å². The van der Waals surface area contributed by atoms with Gasteiger partial charge in [-0.15, -0.1) is 0 Å². The summed E-state index contributed by atoms with van der Waals surface area (Å²) >= 11 is 0. The summed E-state index contributed by atoms with van der Waals surface area (Å²) in [6.07, 6.45) is 4.34. The lowest BCUT2D eigenvalue weighted by molar-refractivity contribution is 0.0593. The third-order valence-corrected chi connectivity index (χ3v) is 3.00. The molecule has 2 rings (SSSR count). The smallest absolute Gasteiger partial charge is 0.358 e. The van der Waals surface area contributed by atoms with E-state index in [1.165, 1.54) is 19.5 Å². The molecular weight excluding hydrogens is 258 g/mol. The topological polar surface area (TPSA) is 95.9 Å². The lowest BCUT2D eigenvalue weighted by atomic mass is 10.2. The fourth-order valence-electron chi connectivity index (χ4n) is 1.97. The number of methoxy groups -OCH3 is 1. The molecule has 2 heterocycles. The summed E-state index contributed by atoms with van der Waals surface area (Å²) < 4.78 is 6.27. The summed E-state index contributed by atoms with van der Waals surface area (Å²) in [5.74, 6) is -0.0793. The van der Waals surface area contributed by atoms with E-state index in [0.29, 0.717) is 17.9 Å². The third-order valence-electron chi connectivity index (χ3n) is 3.00. The zero-order valence-corrected chi connectivity index (χ0v) is 11.8. The molecule has 2 aromatic rings.